The van der Waals surface area contributed by atoms with Crippen LogP contribution in [0.5, 0.6) is 5.75 Å². The third kappa shape index (κ3) is 3.71. The second-order valence-corrected chi connectivity index (χ2v) is 6.34. The van der Waals surface area contributed by atoms with E-state index in [-0.39, 0.29) is 11.7 Å². The minimum atomic E-state index is -4.75. The Kier molecular flexibility index (Phi) is 4.54. The maximum absolute atomic E-state index is 13.0. The topological polar surface area (TPSA) is 55.6 Å². The maximum atomic E-state index is 13.0. The van der Waals surface area contributed by atoms with Gasteiger partial charge >= 0.3 is 6.36 Å². The summed E-state index contributed by atoms with van der Waals surface area (Å²) in [5.41, 5.74) is 2.53. The maximum Gasteiger partial charge on any atom is 0.573 e. The highest BCUT2D eigenvalue weighted by Gasteiger charge is 2.32. The van der Waals surface area contributed by atoms with Gasteiger partial charge in [0.15, 0.2) is 12.2 Å². The summed E-state index contributed by atoms with van der Waals surface area (Å²) >= 11 is 0. The standard InChI is InChI=1S/C20H15F3N2O3/c21-20(22,23)28-16-7-8-17-15(10-16)2-1-9-25(17)19(26)14-5-3-13(4-6-14)18-11-24-12-27-18/h3-8,10-12H,1-2,9H2. The number of alkyl halides is 3. The normalized spacial score (nSPS) is 13.9. The number of carbonyl (C=O) groups excluding carboxylic acids is 1. The van der Waals surface area contributed by atoms with E-state index in [1.54, 1.807) is 35.4 Å². The monoisotopic (exact) mass is 388 g/mol. The predicted octanol–water partition coefficient (Wildman–Crippen LogP) is 4.83. The molecule has 0 bridgehead atoms. The summed E-state index contributed by atoms with van der Waals surface area (Å²) in [6.45, 7) is 0.495. The van der Waals surface area contributed by atoms with Gasteiger partial charge in [-0.15, -0.1) is 13.2 Å². The molecular formula is C20H15F3N2O3. The molecule has 0 atom stereocenters. The Labute approximate surface area is 158 Å². The Morgan fingerprint density at radius 2 is 1.93 bits per heavy atom. The Morgan fingerprint density at radius 1 is 1.14 bits per heavy atom. The van der Waals surface area contributed by atoms with Gasteiger partial charge in [0.2, 0.25) is 0 Å². The number of oxazole rings is 1. The summed E-state index contributed by atoms with van der Waals surface area (Å²) < 4.78 is 46.5. The van der Waals surface area contributed by atoms with Gasteiger partial charge in [-0.25, -0.2) is 4.98 Å². The van der Waals surface area contributed by atoms with Crippen LogP contribution in [0, 0.1) is 0 Å². The largest absolute Gasteiger partial charge is 0.573 e. The fourth-order valence-electron chi connectivity index (χ4n) is 3.27. The first-order chi connectivity index (χ1) is 13.4. The van der Waals surface area contributed by atoms with Crippen molar-refractivity contribution in [3.63, 3.8) is 0 Å². The number of halogens is 3. The Bertz CT molecular complexity index is 983. The number of aromatic nitrogens is 1. The van der Waals surface area contributed by atoms with Crippen molar-refractivity contribution in [2.24, 2.45) is 0 Å². The SMILES string of the molecule is O=C(c1ccc(-c2cnco2)cc1)N1CCCc2cc(OC(F)(F)F)ccc21. The molecule has 0 saturated heterocycles. The highest BCUT2D eigenvalue weighted by molar-refractivity contribution is 6.07. The Hall–Kier alpha value is -3.29. The van der Waals surface area contributed by atoms with Crippen LogP contribution in [0.3, 0.4) is 0 Å². The molecule has 0 radical (unpaired) electrons. The second-order valence-electron chi connectivity index (χ2n) is 6.34. The zero-order valence-electron chi connectivity index (χ0n) is 14.6. The van der Waals surface area contributed by atoms with Gasteiger partial charge in [-0.2, -0.15) is 0 Å². The number of ether oxygens (including phenoxy) is 1. The van der Waals surface area contributed by atoms with E-state index < -0.39 is 6.36 Å². The zero-order valence-corrected chi connectivity index (χ0v) is 14.6. The molecule has 0 N–H and O–H groups in total. The van der Waals surface area contributed by atoms with Crippen LogP contribution in [-0.4, -0.2) is 23.8 Å². The number of hydrogen-bond acceptors (Lipinski definition) is 4. The van der Waals surface area contributed by atoms with Gasteiger partial charge in [0.05, 0.1) is 6.20 Å². The van der Waals surface area contributed by atoms with Crippen LogP contribution < -0.4 is 9.64 Å². The van der Waals surface area contributed by atoms with Gasteiger partial charge in [-0.1, -0.05) is 12.1 Å². The number of aryl methyl sites for hydroxylation is 1. The first-order valence-corrected chi connectivity index (χ1v) is 8.60. The van der Waals surface area contributed by atoms with Crippen molar-refractivity contribution in [3.8, 4) is 17.1 Å². The predicted molar refractivity (Wildman–Crippen MR) is 95.1 cm³/mol. The van der Waals surface area contributed by atoms with E-state index in [2.05, 4.69) is 9.72 Å². The summed E-state index contributed by atoms with van der Waals surface area (Å²) in [6.07, 6.45) is -0.596. The van der Waals surface area contributed by atoms with Gasteiger partial charge in [0.25, 0.3) is 5.91 Å². The van der Waals surface area contributed by atoms with Crippen LogP contribution in [0.2, 0.25) is 0 Å². The van der Waals surface area contributed by atoms with Gasteiger partial charge in [0, 0.05) is 23.4 Å². The molecule has 1 aromatic heterocycles. The van der Waals surface area contributed by atoms with Crippen LogP contribution in [0.25, 0.3) is 11.3 Å². The molecule has 8 heteroatoms. The highest BCUT2D eigenvalue weighted by Crippen LogP contribution is 2.33. The molecule has 1 amide bonds. The molecule has 5 nitrogen and oxygen atoms in total. The van der Waals surface area contributed by atoms with Crippen LogP contribution in [0.4, 0.5) is 18.9 Å². The molecule has 0 fully saturated rings. The number of carbonyl (C=O) groups is 1. The Balaban J connectivity index is 1.58. The van der Waals surface area contributed by atoms with Crippen molar-refractivity contribution in [2.75, 3.05) is 11.4 Å². The van der Waals surface area contributed by atoms with Gasteiger partial charge < -0.3 is 14.1 Å². The third-order valence-corrected chi connectivity index (χ3v) is 4.50. The average Bonchev–Trinajstić information content (AvgIpc) is 3.20. The molecule has 1 aliphatic heterocycles. The molecule has 0 aliphatic carbocycles. The number of nitrogens with zero attached hydrogens (tertiary/aromatic N) is 2. The highest BCUT2D eigenvalue weighted by atomic mass is 19.4. The van der Waals surface area contributed by atoms with Crippen molar-refractivity contribution in [2.45, 2.75) is 19.2 Å². The van der Waals surface area contributed by atoms with E-state index >= 15 is 0 Å². The van der Waals surface area contributed by atoms with Gasteiger partial charge in [0.1, 0.15) is 5.75 Å². The lowest BCUT2D eigenvalue weighted by molar-refractivity contribution is -0.274. The van der Waals surface area contributed by atoms with Crippen molar-refractivity contribution >= 4 is 11.6 Å². The number of rotatable bonds is 3. The molecule has 144 valence electrons. The van der Waals surface area contributed by atoms with E-state index in [0.29, 0.717) is 42.0 Å². The van der Waals surface area contributed by atoms with E-state index in [4.69, 9.17) is 4.42 Å². The summed E-state index contributed by atoms with van der Waals surface area (Å²) in [5.74, 6) is 0.103. The zero-order chi connectivity index (χ0) is 19.7. The summed E-state index contributed by atoms with van der Waals surface area (Å²) in [4.78, 5) is 18.4. The van der Waals surface area contributed by atoms with E-state index in [1.165, 1.54) is 24.6 Å². The van der Waals surface area contributed by atoms with Crippen molar-refractivity contribution in [1.82, 2.24) is 4.98 Å². The van der Waals surface area contributed by atoms with Crippen LogP contribution >= 0.6 is 0 Å². The number of anilines is 1. The quantitative estimate of drug-likeness (QED) is 0.645. The molecule has 2 aromatic carbocycles. The minimum Gasteiger partial charge on any atom is -0.444 e. The molecule has 4 rings (SSSR count). The molecule has 28 heavy (non-hydrogen) atoms. The van der Waals surface area contributed by atoms with Crippen molar-refractivity contribution < 1.29 is 27.1 Å². The average molecular weight is 388 g/mol. The summed E-state index contributed by atoms with van der Waals surface area (Å²) in [5, 5.41) is 0. The van der Waals surface area contributed by atoms with Crippen LogP contribution in [-0.2, 0) is 6.42 Å². The molecule has 1 aliphatic rings. The summed E-state index contributed by atoms with van der Waals surface area (Å²) in [6, 6.07) is 11.0. The minimum absolute atomic E-state index is 0.213. The number of fused-ring (bicyclic) bond motifs is 1. The molecule has 0 saturated carbocycles. The fraction of sp³-hybridized carbons (Fsp3) is 0.200. The van der Waals surface area contributed by atoms with Crippen molar-refractivity contribution in [3.05, 3.63) is 66.2 Å². The molecule has 2 heterocycles. The lowest BCUT2D eigenvalue weighted by Crippen LogP contribution is -2.35. The van der Waals surface area contributed by atoms with Crippen molar-refractivity contribution in [1.29, 1.82) is 0 Å². The van der Waals surface area contributed by atoms with Gasteiger partial charge in [-0.05, 0) is 48.7 Å². The molecular weight excluding hydrogens is 373 g/mol. The number of amides is 1. The first kappa shape index (κ1) is 18.1. The Morgan fingerprint density at radius 3 is 2.61 bits per heavy atom. The van der Waals surface area contributed by atoms with E-state index in [1.807, 2.05) is 0 Å². The summed E-state index contributed by atoms with van der Waals surface area (Å²) in [7, 11) is 0. The molecule has 3 aromatic rings. The third-order valence-electron chi connectivity index (χ3n) is 4.50. The number of hydrogen-bond donors (Lipinski definition) is 0. The molecule has 0 spiro atoms. The van der Waals surface area contributed by atoms with Crippen LogP contribution in [0.15, 0.2) is 59.5 Å². The number of benzene rings is 2. The lowest BCUT2D eigenvalue weighted by atomic mass is 10.00. The van der Waals surface area contributed by atoms with Gasteiger partial charge in [-0.3, -0.25) is 4.79 Å². The lowest BCUT2D eigenvalue weighted by Gasteiger charge is -2.30. The molecule has 0 unspecified atom stereocenters. The second kappa shape index (κ2) is 7.03. The fourth-order valence-corrected chi connectivity index (χ4v) is 3.27. The van der Waals surface area contributed by atoms with E-state index in [0.717, 1.165) is 5.56 Å². The van der Waals surface area contributed by atoms with E-state index in [9.17, 15) is 18.0 Å². The smallest absolute Gasteiger partial charge is 0.444 e. The van der Waals surface area contributed by atoms with Crippen LogP contribution in [0.1, 0.15) is 22.3 Å². The first-order valence-electron chi connectivity index (χ1n) is 8.60.